The van der Waals surface area contributed by atoms with Crippen molar-refractivity contribution < 1.29 is 4.79 Å². The first-order valence-corrected chi connectivity index (χ1v) is 7.45. The van der Waals surface area contributed by atoms with Gasteiger partial charge in [0.1, 0.15) is 0 Å². The highest BCUT2D eigenvalue weighted by molar-refractivity contribution is 5.92. The maximum atomic E-state index is 12.0. The zero-order valence-electron chi connectivity index (χ0n) is 12.4. The zero-order valence-corrected chi connectivity index (χ0v) is 12.4. The van der Waals surface area contributed by atoms with E-state index in [1.165, 1.54) is 5.56 Å². The highest BCUT2D eigenvalue weighted by Gasteiger charge is 2.26. The molecule has 1 aliphatic rings. The Labute approximate surface area is 121 Å². The number of amides is 1. The molecule has 0 aromatic heterocycles. The lowest BCUT2D eigenvalue weighted by Gasteiger charge is -2.17. The maximum Gasteiger partial charge on any atom is 0.238 e. The van der Waals surface area contributed by atoms with E-state index in [9.17, 15) is 4.79 Å². The van der Waals surface area contributed by atoms with Crippen LogP contribution in [0.25, 0.3) is 0 Å². The topological polar surface area (TPSA) is 58.4 Å². The first kappa shape index (κ1) is 15.0. The molecule has 1 amide bonds. The predicted molar refractivity (Wildman–Crippen MR) is 82.6 cm³/mol. The van der Waals surface area contributed by atoms with Crippen molar-refractivity contribution in [2.45, 2.75) is 32.7 Å². The summed E-state index contributed by atoms with van der Waals surface area (Å²) in [4.78, 5) is 14.2. The first-order chi connectivity index (χ1) is 9.58. The fraction of sp³-hybridized carbons (Fsp3) is 0.562. The number of likely N-dealkylation sites (tertiary alicyclic amines) is 1. The van der Waals surface area contributed by atoms with Crippen molar-refractivity contribution in [1.29, 1.82) is 0 Å². The number of hydrogen-bond donors (Lipinski definition) is 2. The lowest BCUT2D eigenvalue weighted by Crippen LogP contribution is -2.34. The Morgan fingerprint density at radius 2 is 2.15 bits per heavy atom. The third-order valence-corrected chi connectivity index (χ3v) is 4.07. The quantitative estimate of drug-likeness (QED) is 0.862. The van der Waals surface area contributed by atoms with E-state index in [0.717, 1.165) is 31.6 Å². The van der Waals surface area contributed by atoms with Gasteiger partial charge in [0.25, 0.3) is 0 Å². The molecule has 0 saturated carbocycles. The van der Waals surface area contributed by atoms with Crippen LogP contribution in [-0.2, 0) is 11.2 Å². The van der Waals surface area contributed by atoms with Crippen molar-refractivity contribution in [3.63, 3.8) is 0 Å². The number of nitrogens with zero attached hydrogens (tertiary/aromatic N) is 1. The molecule has 1 aliphatic heterocycles. The second-order valence-corrected chi connectivity index (χ2v) is 5.74. The van der Waals surface area contributed by atoms with Gasteiger partial charge in [-0.3, -0.25) is 9.69 Å². The summed E-state index contributed by atoms with van der Waals surface area (Å²) in [5.74, 6) is 0.575. The van der Waals surface area contributed by atoms with Gasteiger partial charge < -0.3 is 11.1 Å². The van der Waals surface area contributed by atoms with E-state index < -0.39 is 0 Å². The van der Waals surface area contributed by atoms with Crippen LogP contribution in [0.5, 0.6) is 0 Å². The molecule has 2 rings (SSSR count). The van der Waals surface area contributed by atoms with Crippen LogP contribution in [0.3, 0.4) is 0 Å². The SMILES string of the molecule is CCc1ccc(NC(=O)CN2CCC(C(C)N)C2)cc1. The zero-order chi connectivity index (χ0) is 14.5. The summed E-state index contributed by atoms with van der Waals surface area (Å²) in [6.07, 6.45) is 2.11. The summed E-state index contributed by atoms with van der Waals surface area (Å²) in [5, 5.41) is 2.95. The Hall–Kier alpha value is -1.39. The smallest absolute Gasteiger partial charge is 0.238 e. The van der Waals surface area contributed by atoms with Crippen LogP contribution in [0, 0.1) is 5.92 Å². The minimum Gasteiger partial charge on any atom is -0.328 e. The molecule has 1 fully saturated rings. The second kappa shape index (κ2) is 6.86. The molecule has 3 N–H and O–H groups in total. The van der Waals surface area contributed by atoms with Gasteiger partial charge >= 0.3 is 0 Å². The molecule has 1 saturated heterocycles. The molecule has 110 valence electrons. The molecule has 1 heterocycles. The van der Waals surface area contributed by atoms with Crippen molar-refractivity contribution in [3.8, 4) is 0 Å². The molecule has 20 heavy (non-hydrogen) atoms. The van der Waals surface area contributed by atoms with Gasteiger partial charge in [-0.25, -0.2) is 0 Å². The highest BCUT2D eigenvalue weighted by atomic mass is 16.2. The van der Waals surface area contributed by atoms with Gasteiger partial charge in [-0.2, -0.15) is 0 Å². The average molecular weight is 275 g/mol. The van der Waals surface area contributed by atoms with E-state index in [-0.39, 0.29) is 11.9 Å². The first-order valence-electron chi connectivity index (χ1n) is 7.45. The summed E-state index contributed by atoms with van der Waals surface area (Å²) in [7, 11) is 0. The average Bonchev–Trinajstić information content (AvgIpc) is 2.88. The minimum absolute atomic E-state index is 0.0552. The fourth-order valence-electron chi connectivity index (χ4n) is 2.66. The van der Waals surface area contributed by atoms with Crippen molar-refractivity contribution in [2.75, 3.05) is 25.0 Å². The summed E-state index contributed by atoms with van der Waals surface area (Å²) in [5.41, 5.74) is 8.06. The van der Waals surface area contributed by atoms with E-state index in [1.807, 2.05) is 19.1 Å². The number of nitrogens with one attached hydrogen (secondary N) is 1. The monoisotopic (exact) mass is 275 g/mol. The van der Waals surface area contributed by atoms with Crippen LogP contribution in [0.2, 0.25) is 0 Å². The van der Waals surface area contributed by atoms with Crippen LogP contribution in [-0.4, -0.2) is 36.5 Å². The largest absolute Gasteiger partial charge is 0.328 e. The minimum atomic E-state index is 0.0552. The molecule has 2 unspecified atom stereocenters. The van der Waals surface area contributed by atoms with Gasteiger partial charge in [0.15, 0.2) is 0 Å². The molecular formula is C16H25N3O. The van der Waals surface area contributed by atoms with E-state index in [1.54, 1.807) is 0 Å². The molecule has 2 atom stereocenters. The molecule has 1 aromatic rings. The summed E-state index contributed by atoms with van der Waals surface area (Å²) >= 11 is 0. The predicted octanol–water partition coefficient (Wildman–Crippen LogP) is 1.86. The molecule has 0 spiro atoms. The van der Waals surface area contributed by atoms with E-state index in [4.69, 9.17) is 5.73 Å². The third-order valence-electron chi connectivity index (χ3n) is 4.07. The van der Waals surface area contributed by atoms with Gasteiger partial charge in [-0.05, 0) is 49.9 Å². The van der Waals surface area contributed by atoms with Gasteiger partial charge in [0.05, 0.1) is 6.54 Å². The van der Waals surface area contributed by atoms with Crippen molar-refractivity contribution >= 4 is 11.6 Å². The van der Waals surface area contributed by atoms with Crippen LogP contribution < -0.4 is 11.1 Å². The summed E-state index contributed by atoms with van der Waals surface area (Å²) < 4.78 is 0. The Bertz CT molecular complexity index is 442. The Morgan fingerprint density at radius 1 is 1.45 bits per heavy atom. The van der Waals surface area contributed by atoms with Crippen molar-refractivity contribution in [1.82, 2.24) is 4.90 Å². The Morgan fingerprint density at radius 3 is 2.70 bits per heavy atom. The number of nitrogens with two attached hydrogens (primary N) is 1. The van der Waals surface area contributed by atoms with Crippen LogP contribution >= 0.6 is 0 Å². The lowest BCUT2D eigenvalue weighted by molar-refractivity contribution is -0.117. The summed E-state index contributed by atoms with van der Waals surface area (Å²) in [6.45, 7) is 6.52. The lowest BCUT2D eigenvalue weighted by atomic mass is 10.0. The number of carbonyl (C=O) groups excluding carboxylic acids is 1. The summed E-state index contributed by atoms with van der Waals surface area (Å²) in [6, 6.07) is 8.25. The van der Waals surface area contributed by atoms with Crippen molar-refractivity contribution in [3.05, 3.63) is 29.8 Å². The van der Waals surface area contributed by atoms with Crippen LogP contribution in [0.1, 0.15) is 25.8 Å². The van der Waals surface area contributed by atoms with Gasteiger partial charge in [-0.15, -0.1) is 0 Å². The number of rotatable bonds is 5. The van der Waals surface area contributed by atoms with E-state index in [2.05, 4.69) is 29.3 Å². The number of anilines is 1. The molecule has 4 heteroatoms. The Kier molecular flexibility index (Phi) is 5.15. The van der Waals surface area contributed by atoms with Gasteiger partial charge in [-0.1, -0.05) is 19.1 Å². The van der Waals surface area contributed by atoms with E-state index in [0.29, 0.717) is 12.5 Å². The molecule has 4 nitrogen and oxygen atoms in total. The fourth-order valence-corrected chi connectivity index (χ4v) is 2.66. The maximum absolute atomic E-state index is 12.0. The molecule has 0 bridgehead atoms. The number of carbonyl (C=O) groups is 1. The van der Waals surface area contributed by atoms with Crippen LogP contribution in [0.15, 0.2) is 24.3 Å². The van der Waals surface area contributed by atoms with Crippen molar-refractivity contribution in [2.24, 2.45) is 11.7 Å². The molecule has 0 radical (unpaired) electrons. The Balaban J connectivity index is 1.80. The van der Waals surface area contributed by atoms with Gasteiger partial charge in [0.2, 0.25) is 5.91 Å². The number of aryl methyl sites for hydroxylation is 1. The molecule has 0 aliphatic carbocycles. The number of benzene rings is 1. The highest BCUT2D eigenvalue weighted by Crippen LogP contribution is 2.18. The molecule has 1 aromatic carbocycles. The normalized spacial score (nSPS) is 20.9. The third kappa shape index (κ3) is 4.05. The molecular weight excluding hydrogens is 250 g/mol. The second-order valence-electron chi connectivity index (χ2n) is 5.74. The number of hydrogen-bond acceptors (Lipinski definition) is 3. The standard InChI is InChI=1S/C16H25N3O/c1-3-13-4-6-15(7-5-13)18-16(20)11-19-9-8-14(10-19)12(2)17/h4-7,12,14H,3,8-11,17H2,1-2H3,(H,18,20). The van der Waals surface area contributed by atoms with Gasteiger partial charge in [0, 0.05) is 18.3 Å². The van der Waals surface area contributed by atoms with Crippen LogP contribution in [0.4, 0.5) is 5.69 Å². The van der Waals surface area contributed by atoms with E-state index >= 15 is 0 Å².